The molecule has 2 rings (SSSR count). The first-order valence-electron chi connectivity index (χ1n) is 4.85. The molecule has 0 aliphatic rings. The number of anilines is 1. The fraction of sp³-hybridized carbons (Fsp3) is 0.167. The molecule has 0 spiro atoms. The lowest BCUT2D eigenvalue weighted by Crippen LogP contribution is -1.99. The average Bonchev–Trinajstić information content (AvgIpc) is 2.63. The Hall–Kier alpha value is -1.86. The van der Waals surface area contributed by atoms with Crippen molar-refractivity contribution >= 4 is 17.2 Å². The van der Waals surface area contributed by atoms with Crippen LogP contribution in [0.15, 0.2) is 17.5 Å². The molecule has 0 fully saturated rings. The van der Waals surface area contributed by atoms with E-state index in [1.165, 1.54) is 0 Å². The minimum Gasteiger partial charge on any atom is -0.383 e. The molecule has 2 N–H and O–H groups in total. The van der Waals surface area contributed by atoms with Gasteiger partial charge in [0.25, 0.3) is 0 Å². The van der Waals surface area contributed by atoms with Crippen LogP contribution in [0.5, 0.6) is 0 Å². The van der Waals surface area contributed by atoms with Crippen molar-refractivity contribution in [1.82, 2.24) is 4.98 Å². The fourth-order valence-electron chi connectivity index (χ4n) is 1.64. The highest BCUT2D eigenvalue weighted by molar-refractivity contribution is 7.13. The van der Waals surface area contributed by atoms with Crippen molar-refractivity contribution in [2.24, 2.45) is 0 Å². The number of thiophene rings is 1. The van der Waals surface area contributed by atoms with Crippen LogP contribution in [0, 0.1) is 25.2 Å². The van der Waals surface area contributed by atoms with Crippen molar-refractivity contribution in [2.75, 3.05) is 5.73 Å². The van der Waals surface area contributed by atoms with E-state index in [-0.39, 0.29) is 0 Å². The van der Waals surface area contributed by atoms with Crippen LogP contribution in [-0.2, 0) is 0 Å². The molecule has 80 valence electrons. The van der Waals surface area contributed by atoms with Crippen LogP contribution in [0.1, 0.15) is 16.8 Å². The summed E-state index contributed by atoms with van der Waals surface area (Å²) in [4.78, 5) is 5.20. The number of pyridine rings is 1. The highest BCUT2D eigenvalue weighted by atomic mass is 32.1. The third kappa shape index (κ3) is 1.66. The van der Waals surface area contributed by atoms with Gasteiger partial charge in [0.1, 0.15) is 17.5 Å². The Labute approximate surface area is 98.2 Å². The maximum Gasteiger partial charge on any atom is 0.142 e. The Balaban J connectivity index is 2.75. The largest absolute Gasteiger partial charge is 0.383 e. The molecule has 0 unspecified atom stereocenters. The Kier molecular flexibility index (Phi) is 2.63. The van der Waals surface area contributed by atoms with Crippen molar-refractivity contribution in [2.45, 2.75) is 13.8 Å². The van der Waals surface area contributed by atoms with Gasteiger partial charge in [-0.2, -0.15) is 5.26 Å². The third-order valence-corrected chi connectivity index (χ3v) is 3.44. The second-order valence-corrected chi connectivity index (χ2v) is 4.53. The van der Waals surface area contributed by atoms with Crippen molar-refractivity contribution in [3.8, 4) is 16.5 Å². The molecule has 4 heteroatoms. The molecule has 2 aromatic heterocycles. The molecule has 0 amide bonds. The van der Waals surface area contributed by atoms with E-state index in [2.05, 4.69) is 11.1 Å². The van der Waals surface area contributed by atoms with Gasteiger partial charge in [-0.05, 0) is 36.9 Å². The van der Waals surface area contributed by atoms with Gasteiger partial charge in [0, 0.05) is 16.1 Å². The number of nitrogens with zero attached hydrogens (tertiary/aromatic N) is 2. The van der Waals surface area contributed by atoms with Crippen molar-refractivity contribution in [3.05, 3.63) is 34.3 Å². The summed E-state index contributed by atoms with van der Waals surface area (Å²) in [5.41, 5.74) is 9.11. The molecule has 0 atom stereocenters. The standard InChI is InChI=1S/C12H11N3S/c1-7-3-4-16-11(7)9-5-8(2)15-12(14)10(9)6-13/h3-5H,1-2H3,(H2,14,15). The zero-order chi connectivity index (χ0) is 11.7. The lowest BCUT2D eigenvalue weighted by molar-refractivity contribution is 1.20. The number of hydrogen-bond donors (Lipinski definition) is 1. The van der Waals surface area contributed by atoms with E-state index in [9.17, 15) is 0 Å². The van der Waals surface area contributed by atoms with Gasteiger partial charge in [-0.15, -0.1) is 11.3 Å². The number of nitrogens with two attached hydrogens (primary N) is 1. The summed E-state index contributed by atoms with van der Waals surface area (Å²) in [6.45, 7) is 3.91. The lowest BCUT2D eigenvalue weighted by atomic mass is 10.0. The van der Waals surface area contributed by atoms with Gasteiger partial charge in [-0.25, -0.2) is 4.98 Å². The van der Waals surface area contributed by atoms with E-state index >= 15 is 0 Å². The zero-order valence-corrected chi connectivity index (χ0v) is 9.93. The van der Waals surface area contributed by atoms with Crippen LogP contribution in [0.3, 0.4) is 0 Å². The molecule has 2 aromatic rings. The van der Waals surface area contributed by atoms with E-state index in [1.807, 2.05) is 31.4 Å². The summed E-state index contributed by atoms with van der Waals surface area (Å²) in [6, 6.07) is 6.07. The summed E-state index contributed by atoms with van der Waals surface area (Å²) < 4.78 is 0. The molecule has 0 aromatic carbocycles. The van der Waals surface area contributed by atoms with Gasteiger partial charge in [-0.1, -0.05) is 0 Å². The second-order valence-electron chi connectivity index (χ2n) is 3.62. The highest BCUT2D eigenvalue weighted by Crippen LogP contribution is 2.33. The zero-order valence-electron chi connectivity index (χ0n) is 9.11. The molecule has 3 nitrogen and oxygen atoms in total. The maximum absolute atomic E-state index is 9.11. The van der Waals surface area contributed by atoms with Crippen LogP contribution in [0.2, 0.25) is 0 Å². The molecule has 0 radical (unpaired) electrons. The molecule has 0 aliphatic heterocycles. The van der Waals surface area contributed by atoms with Crippen molar-refractivity contribution in [1.29, 1.82) is 5.26 Å². The Bertz CT molecular complexity index is 578. The topological polar surface area (TPSA) is 62.7 Å². The van der Waals surface area contributed by atoms with E-state index in [1.54, 1.807) is 11.3 Å². The van der Waals surface area contributed by atoms with Crippen LogP contribution in [-0.4, -0.2) is 4.98 Å². The molecule has 0 saturated heterocycles. The highest BCUT2D eigenvalue weighted by Gasteiger charge is 2.13. The number of rotatable bonds is 1. The molecular formula is C12H11N3S. The fourth-order valence-corrected chi connectivity index (χ4v) is 2.59. The van der Waals surface area contributed by atoms with Crippen molar-refractivity contribution < 1.29 is 0 Å². The van der Waals surface area contributed by atoms with E-state index in [0.29, 0.717) is 11.4 Å². The van der Waals surface area contributed by atoms with Crippen LogP contribution >= 0.6 is 11.3 Å². The number of hydrogen-bond acceptors (Lipinski definition) is 4. The van der Waals surface area contributed by atoms with Gasteiger partial charge in [0.05, 0.1) is 0 Å². The third-order valence-electron chi connectivity index (χ3n) is 2.39. The molecule has 0 bridgehead atoms. The predicted molar refractivity (Wildman–Crippen MR) is 66.2 cm³/mol. The molecule has 16 heavy (non-hydrogen) atoms. The van der Waals surface area contributed by atoms with Gasteiger partial charge in [-0.3, -0.25) is 0 Å². The SMILES string of the molecule is Cc1cc(-c2sccc2C)c(C#N)c(N)n1. The average molecular weight is 229 g/mol. The van der Waals surface area contributed by atoms with Gasteiger partial charge in [0.15, 0.2) is 0 Å². The monoisotopic (exact) mass is 229 g/mol. The van der Waals surface area contributed by atoms with E-state index < -0.39 is 0 Å². The minimum absolute atomic E-state index is 0.310. The van der Waals surface area contributed by atoms with Crippen LogP contribution in [0.25, 0.3) is 10.4 Å². The Morgan fingerprint density at radius 1 is 1.44 bits per heavy atom. The summed E-state index contributed by atoms with van der Waals surface area (Å²) >= 11 is 1.62. The first kappa shape index (κ1) is 10.7. The minimum atomic E-state index is 0.310. The lowest BCUT2D eigenvalue weighted by Gasteiger charge is -2.06. The second kappa shape index (κ2) is 3.95. The molecule has 0 saturated carbocycles. The van der Waals surface area contributed by atoms with Gasteiger partial charge in [0.2, 0.25) is 0 Å². The first-order valence-corrected chi connectivity index (χ1v) is 5.73. The summed E-state index contributed by atoms with van der Waals surface area (Å²) in [5.74, 6) is 0.310. The van der Waals surface area contributed by atoms with Crippen LogP contribution in [0.4, 0.5) is 5.82 Å². The van der Waals surface area contributed by atoms with Gasteiger partial charge < -0.3 is 5.73 Å². The van der Waals surface area contributed by atoms with Crippen LogP contribution < -0.4 is 5.73 Å². The number of nitriles is 1. The summed E-state index contributed by atoms with van der Waals surface area (Å²) in [7, 11) is 0. The Morgan fingerprint density at radius 3 is 2.75 bits per heavy atom. The number of aryl methyl sites for hydroxylation is 2. The van der Waals surface area contributed by atoms with E-state index in [4.69, 9.17) is 11.0 Å². The molecule has 2 heterocycles. The number of aromatic nitrogens is 1. The smallest absolute Gasteiger partial charge is 0.142 e. The van der Waals surface area contributed by atoms with E-state index in [0.717, 1.165) is 21.7 Å². The predicted octanol–water partition coefficient (Wildman–Crippen LogP) is 2.88. The normalized spacial score (nSPS) is 10.1. The Morgan fingerprint density at radius 2 is 2.19 bits per heavy atom. The maximum atomic E-state index is 9.11. The molecular weight excluding hydrogens is 218 g/mol. The quantitative estimate of drug-likeness (QED) is 0.817. The molecule has 0 aliphatic carbocycles. The summed E-state index contributed by atoms with van der Waals surface area (Å²) in [6.07, 6.45) is 0. The van der Waals surface area contributed by atoms with Gasteiger partial charge >= 0.3 is 0 Å². The summed E-state index contributed by atoms with van der Waals surface area (Å²) in [5, 5.41) is 11.1. The number of nitrogen functional groups attached to an aromatic ring is 1. The first-order chi connectivity index (χ1) is 7.63. The van der Waals surface area contributed by atoms with Crippen molar-refractivity contribution in [3.63, 3.8) is 0 Å².